The van der Waals surface area contributed by atoms with Gasteiger partial charge in [0.05, 0.1) is 0 Å². The zero-order valence-electron chi connectivity index (χ0n) is 29.6. The van der Waals surface area contributed by atoms with E-state index in [0.29, 0.717) is 17.8 Å². The summed E-state index contributed by atoms with van der Waals surface area (Å²) in [5.41, 5.74) is 7.37. The van der Waals surface area contributed by atoms with Gasteiger partial charge in [0.2, 0.25) is 0 Å². The van der Waals surface area contributed by atoms with Crippen molar-refractivity contribution in [2.24, 2.45) is 0 Å². The fraction of sp³-hybridized carbons (Fsp3) is 0.538. The van der Waals surface area contributed by atoms with E-state index in [1.165, 1.54) is 33.4 Å². The summed E-state index contributed by atoms with van der Waals surface area (Å²) < 4.78 is 20.2. The van der Waals surface area contributed by atoms with E-state index >= 15 is 0 Å². The molecule has 43 heavy (non-hydrogen) atoms. The maximum absolute atomic E-state index is 6.72. The normalized spacial score (nSPS) is 12.9. The van der Waals surface area contributed by atoms with E-state index in [-0.39, 0.29) is 16.2 Å². The van der Waals surface area contributed by atoms with Crippen molar-refractivity contribution in [3.8, 4) is 17.2 Å². The van der Waals surface area contributed by atoms with Crippen LogP contribution in [0.5, 0.6) is 17.2 Å². The number of hydrogen-bond acceptors (Lipinski definition) is 3. The molecule has 3 aromatic carbocycles. The highest BCUT2D eigenvalue weighted by Crippen LogP contribution is 2.46. The van der Waals surface area contributed by atoms with Gasteiger partial charge in [-0.1, -0.05) is 122 Å². The molecule has 3 nitrogen and oxygen atoms in total. The molecule has 3 aromatic rings. The first-order valence-corrected chi connectivity index (χ1v) is 17.0. The van der Waals surface area contributed by atoms with Crippen molar-refractivity contribution in [3.63, 3.8) is 0 Å². The molecule has 0 saturated heterocycles. The summed E-state index contributed by atoms with van der Waals surface area (Å²) in [4.78, 5) is 0. The van der Waals surface area contributed by atoms with Gasteiger partial charge in [-0.05, 0) is 104 Å². The van der Waals surface area contributed by atoms with Gasteiger partial charge in [0.15, 0.2) is 0 Å². The van der Waals surface area contributed by atoms with E-state index in [0.717, 1.165) is 17.2 Å². The Morgan fingerprint density at radius 3 is 0.814 bits per heavy atom. The summed E-state index contributed by atoms with van der Waals surface area (Å²) in [6.07, 6.45) is 0. The highest BCUT2D eigenvalue weighted by atomic mass is 31.2. The molecule has 0 aliphatic rings. The van der Waals surface area contributed by atoms with Gasteiger partial charge in [0.1, 0.15) is 17.2 Å². The van der Waals surface area contributed by atoms with Crippen molar-refractivity contribution in [1.29, 1.82) is 0 Å². The van der Waals surface area contributed by atoms with Crippen molar-refractivity contribution in [1.82, 2.24) is 0 Å². The number of rotatable bonds is 9. The highest BCUT2D eigenvalue weighted by Gasteiger charge is 2.26. The lowest BCUT2D eigenvalue weighted by Gasteiger charge is -2.26. The van der Waals surface area contributed by atoms with Gasteiger partial charge in [-0.2, -0.15) is 0 Å². The largest absolute Gasteiger partial charge is 0.530 e. The molecule has 0 amide bonds. The Kier molecular flexibility index (Phi) is 10.8. The molecular weight excluding hydrogens is 547 g/mol. The van der Waals surface area contributed by atoms with Crippen LogP contribution in [0.4, 0.5) is 0 Å². The monoisotopic (exact) mass is 604 g/mol. The molecule has 0 spiro atoms. The van der Waals surface area contributed by atoms with Crippen LogP contribution in [0.15, 0.2) is 54.6 Å². The van der Waals surface area contributed by atoms with Crippen LogP contribution < -0.4 is 13.6 Å². The molecule has 236 valence electrons. The second-order valence-electron chi connectivity index (χ2n) is 16.1. The fourth-order valence-corrected chi connectivity index (χ4v) is 5.58. The first kappa shape index (κ1) is 35.0. The zero-order chi connectivity index (χ0) is 32.5. The predicted molar refractivity (Wildman–Crippen MR) is 186 cm³/mol. The van der Waals surface area contributed by atoms with Gasteiger partial charge in [-0.15, -0.1) is 0 Å². The van der Waals surface area contributed by atoms with Crippen molar-refractivity contribution in [3.05, 3.63) is 88.0 Å². The second-order valence-corrected chi connectivity index (χ2v) is 17.1. The van der Waals surface area contributed by atoms with Gasteiger partial charge in [0, 0.05) is 0 Å². The minimum atomic E-state index is -1.83. The lowest BCUT2D eigenvalue weighted by Crippen LogP contribution is -2.14. The van der Waals surface area contributed by atoms with Crippen molar-refractivity contribution in [2.75, 3.05) is 0 Å². The number of benzene rings is 3. The van der Waals surface area contributed by atoms with E-state index in [2.05, 4.69) is 158 Å². The maximum Gasteiger partial charge on any atom is 0.530 e. The predicted octanol–water partition coefficient (Wildman–Crippen LogP) is 12.7. The Balaban J connectivity index is 2.16. The summed E-state index contributed by atoms with van der Waals surface area (Å²) in [5, 5.41) is 0. The molecule has 3 rings (SSSR count). The molecule has 0 aliphatic carbocycles. The van der Waals surface area contributed by atoms with Crippen LogP contribution in [0, 0.1) is 0 Å². The van der Waals surface area contributed by atoms with Gasteiger partial charge < -0.3 is 13.6 Å². The van der Waals surface area contributed by atoms with Crippen molar-refractivity contribution >= 4 is 8.60 Å². The molecule has 0 radical (unpaired) electrons. The van der Waals surface area contributed by atoms with Crippen LogP contribution in [0.25, 0.3) is 0 Å². The molecule has 0 unspecified atom stereocenters. The minimum Gasteiger partial charge on any atom is -0.408 e. The molecular formula is C39H57O3P. The van der Waals surface area contributed by atoms with Crippen molar-refractivity contribution < 1.29 is 13.6 Å². The van der Waals surface area contributed by atoms with Crippen LogP contribution in [-0.4, -0.2) is 0 Å². The summed E-state index contributed by atoms with van der Waals surface area (Å²) in [6, 6.07) is 19.7. The van der Waals surface area contributed by atoms with E-state index in [1.807, 2.05) is 0 Å². The van der Waals surface area contributed by atoms with Gasteiger partial charge in [-0.3, -0.25) is 0 Å². The van der Waals surface area contributed by atoms with Gasteiger partial charge >= 0.3 is 8.60 Å². The molecule has 0 N–H and O–H groups in total. The summed E-state index contributed by atoms with van der Waals surface area (Å²) in [5.74, 6) is 3.42. The Labute approximate surface area is 264 Å². The van der Waals surface area contributed by atoms with Crippen LogP contribution in [0.2, 0.25) is 0 Å². The standard InChI is InChI=1S/C39H57O3P/c1-25(2)28-16-31(37(7,8)9)22-34(19-28)40-43(41-35-20-29(26(3)4)17-32(23-35)38(10,11)12)42-36-21-30(27(5)6)18-33(24-36)39(13,14)15/h16-27H,1-15H3. The third kappa shape index (κ3) is 9.74. The summed E-state index contributed by atoms with van der Waals surface area (Å²) in [7, 11) is -1.83. The quantitative estimate of drug-likeness (QED) is 0.227. The smallest absolute Gasteiger partial charge is 0.408 e. The molecule has 4 heteroatoms. The van der Waals surface area contributed by atoms with E-state index < -0.39 is 8.60 Å². The van der Waals surface area contributed by atoms with Gasteiger partial charge in [0.25, 0.3) is 0 Å². The first-order valence-electron chi connectivity index (χ1n) is 15.9. The molecule has 0 aliphatic heterocycles. The van der Waals surface area contributed by atoms with E-state index in [9.17, 15) is 0 Å². The second kappa shape index (κ2) is 13.2. The zero-order valence-corrected chi connectivity index (χ0v) is 30.5. The van der Waals surface area contributed by atoms with E-state index in [1.54, 1.807) is 0 Å². The SMILES string of the molecule is CC(C)c1cc(OP(Oc2cc(C(C)C)cc(C(C)(C)C)c2)Oc2cc(C(C)C)cc(C(C)(C)C)c2)cc(C(C)(C)C)c1. The molecule has 0 bridgehead atoms. The van der Waals surface area contributed by atoms with Crippen LogP contribution in [0.1, 0.15) is 155 Å². The average molecular weight is 605 g/mol. The minimum absolute atomic E-state index is 0.0199. The van der Waals surface area contributed by atoms with E-state index in [4.69, 9.17) is 13.6 Å². The number of hydrogen-bond donors (Lipinski definition) is 0. The Hall–Kier alpha value is -2.51. The lowest BCUT2D eigenvalue weighted by molar-refractivity contribution is 0.385. The van der Waals surface area contributed by atoms with Crippen molar-refractivity contribution in [2.45, 2.75) is 138 Å². The Morgan fingerprint density at radius 2 is 0.628 bits per heavy atom. The molecule has 0 aromatic heterocycles. The van der Waals surface area contributed by atoms with Crippen LogP contribution in [-0.2, 0) is 16.2 Å². The molecule has 0 saturated carbocycles. The van der Waals surface area contributed by atoms with Gasteiger partial charge in [-0.25, -0.2) is 0 Å². The average Bonchev–Trinajstić information content (AvgIpc) is 2.86. The maximum atomic E-state index is 6.72. The third-order valence-electron chi connectivity index (χ3n) is 7.92. The topological polar surface area (TPSA) is 27.7 Å². The summed E-state index contributed by atoms with van der Waals surface area (Å²) in [6.45, 7) is 33.5. The first-order chi connectivity index (χ1) is 19.6. The highest BCUT2D eigenvalue weighted by molar-refractivity contribution is 7.43. The van der Waals surface area contributed by atoms with Crippen LogP contribution >= 0.6 is 8.60 Å². The molecule has 0 fully saturated rings. The lowest BCUT2D eigenvalue weighted by atomic mass is 9.84. The third-order valence-corrected chi connectivity index (χ3v) is 9.00. The fourth-order valence-electron chi connectivity index (χ4n) is 4.64. The Bertz CT molecular complexity index is 1210. The van der Waals surface area contributed by atoms with Crippen LogP contribution in [0.3, 0.4) is 0 Å². The molecule has 0 heterocycles. The molecule has 0 atom stereocenters. The summed E-state index contributed by atoms with van der Waals surface area (Å²) >= 11 is 0. The Morgan fingerprint density at radius 1 is 0.395 bits per heavy atom.